The molecule has 1 aliphatic heterocycles. The third kappa shape index (κ3) is 35.2. The molecule has 0 amide bonds. The zero-order valence-electron chi connectivity index (χ0n) is 42.0. The molecule has 63 heavy (non-hydrogen) atoms. The van der Waals surface area contributed by atoms with Gasteiger partial charge >= 0.3 is 17.9 Å². The van der Waals surface area contributed by atoms with Gasteiger partial charge < -0.3 is 29.0 Å². The fraction of sp³-hybridized carbons (Fsp3) is 0.944. The van der Waals surface area contributed by atoms with Crippen molar-refractivity contribution in [1.29, 1.82) is 0 Å². The van der Waals surface area contributed by atoms with Crippen molar-refractivity contribution in [2.45, 2.75) is 278 Å². The number of rotatable bonds is 47. The summed E-state index contributed by atoms with van der Waals surface area (Å²) in [5.41, 5.74) is 0. The van der Waals surface area contributed by atoms with Crippen molar-refractivity contribution < 1.29 is 38.4 Å². The van der Waals surface area contributed by atoms with Crippen LogP contribution in [-0.4, -0.2) is 79.8 Å². The fourth-order valence-electron chi connectivity index (χ4n) is 8.94. The maximum Gasteiger partial charge on any atom is 0.309 e. The molecule has 1 rings (SSSR count). The smallest absolute Gasteiger partial charge is 0.309 e. The third-order valence-electron chi connectivity index (χ3n) is 13.1. The maximum atomic E-state index is 13.1. The van der Waals surface area contributed by atoms with Crippen LogP contribution in [0.5, 0.6) is 0 Å². The SMILES string of the molecule is CCCCCCCCC(CCCCCC)C(=O)OCCCCCCN(CCCCO)CCCCCCC(=O)OC1CCC(COC(=O)C(CCCCCC)CCCCCCCC)O1. The molecular formula is C54H103NO8. The van der Waals surface area contributed by atoms with Gasteiger partial charge in [0.15, 0.2) is 0 Å². The highest BCUT2D eigenvalue weighted by molar-refractivity contribution is 5.72. The molecule has 1 heterocycles. The predicted octanol–water partition coefficient (Wildman–Crippen LogP) is 14.4. The summed E-state index contributed by atoms with van der Waals surface area (Å²) in [6.45, 7) is 13.0. The molecule has 9 nitrogen and oxygen atoms in total. The molecular weight excluding hydrogens is 791 g/mol. The normalized spacial score (nSPS) is 16.1. The molecule has 1 aliphatic rings. The van der Waals surface area contributed by atoms with Gasteiger partial charge in [0, 0.05) is 19.4 Å². The van der Waals surface area contributed by atoms with E-state index in [4.69, 9.17) is 18.9 Å². The molecule has 1 saturated heterocycles. The molecule has 0 aliphatic carbocycles. The van der Waals surface area contributed by atoms with Gasteiger partial charge in [0.25, 0.3) is 0 Å². The molecule has 4 atom stereocenters. The molecule has 0 radical (unpaired) electrons. The van der Waals surface area contributed by atoms with Crippen LogP contribution >= 0.6 is 0 Å². The summed E-state index contributed by atoms with van der Waals surface area (Å²) in [6.07, 6.45) is 39.1. The Hall–Kier alpha value is -1.71. The summed E-state index contributed by atoms with van der Waals surface area (Å²) < 4.78 is 23.3. The number of carbonyl (C=O) groups is 3. The molecule has 0 aromatic carbocycles. The topological polar surface area (TPSA) is 112 Å². The van der Waals surface area contributed by atoms with Gasteiger partial charge in [0.1, 0.15) is 6.61 Å². The zero-order chi connectivity index (χ0) is 45.9. The Kier molecular flexibility index (Phi) is 41.6. The highest BCUT2D eigenvalue weighted by atomic mass is 16.7. The van der Waals surface area contributed by atoms with E-state index in [1.54, 1.807) is 0 Å². The van der Waals surface area contributed by atoms with E-state index < -0.39 is 6.29 Å². The number of hydrogen-bond donors (Lipinski definition) is 1. The first-order chi connectivity index (χ1) is 30.9. The van der Waals surface area contributed by atoms with E-state index in [0.717, 1.165) is 142 Å². The van der Waals surface area contributed by atoms with Crippen molar-refractivity contribution in [3.05, 3.63) is 0 Å². The number of nitrogens with zero attached hydrogens (tertiary/aromatic N) is 1. The lowest BCUT2D eigenvalue weighted by Crippen LogP contribution is -2.27. The van der Waals surface area contributed by atoms with Crippen LogP contribution in [0.25, 0.3) is 0 Å². The molecule has 0 aromatic heterocycles. The van der Waals surface area contributed by atoms with Crippen LogP contribution in [0.4, 0.5) is 0 Å². The lowest BCUT2D eigenvalue weighted by molar-refractivity contribution is -0.181. The van der Waals surface area contributed by atoms with E-state index in [2.05, 4.69) is 32.6 Å². The van der Waals surface area contributed by atoms with Crippen LogP contribution < -0.4 is 0 Å². The van der Waals surface area contributed by atoms with Gasteiger partial charge in [-0.15, -0.1) is 0 Å². The standard InChI is InChI=1S/C54H103NO8/c1-5-9-13-17-19-27-37-48(35-25-15-11-7-3)53(58)60-46-34-24-23-31-43-55(44-32-33-45-56)42-30-22-21-29-39-51(57)63-52-41-40-50(62-52)47-61-54(59)49(36-26-16-12-8-4)38-28-20-18-14-10-6-2/h48-50,52,56H,5-47H2,1-4H3. The Balaban J connectivity index is 2.28. The molecule has 4 unspecified atom stereocenters. The average Bonchev–Trinajstić information content (AvgIpc) is 3.73. The Bertz CT molecular complexity index is 1040. The van der Waals surface area contributed by atoms with Gasteiger partial charge in [-0.05, 0) is 90.3 Å². The molecule has 0 spiro atoms. The Morgan fingerprint density at radius 1 is 0.508 bits per heavy atom. The lowest BCUT2D eigenvalue weighted by atomic mass is 9.94. The van der Waals surface area contributed by atoms with Crippen molar-refractivity contribution >= 4 is 17.9 Å². The van der Waals surface area contributed by atoms with Gasteiger partial charge in [-0.3, -0.25) is 14.4 Å². The zero-order valence-corrected chi connectivity index (χ0v) is 42.0. The van der Waals surface area contributed by atoms with E-state index in [-0.39, 0.29) is 49.1 Å². The first-order valence-electron chi connectivity index (χ1n) is 27.4. The summed E-state index contributed by atoms with van der Waals surface area (Å²) in [7, 11) is 0. The number of carbonyl (C=O) groups excluding carboxylic acids is 3. The fourth-order valence-corrected chi connectivity index (χ4v) is 8.94. The summed E-state index contributed by atoms with van der Waals surface area (Å²) in [6, 6.07) is 0. The van der Waals surface area contributed by atoms with Crippen LogP contribution in [0.3, 0.4) is 0 Å². The van der Waals surface area contributed by atoms with Gasteiger partial charge in [-0.2, -0.15) is 0 Å². The lowest BCUT2D eigenvalue weighted by Gasteiger charge is -2.22. The molecule has 0 aromatic rings. The van der Waals surface area contributed by atoms with Crippen molar-refractivity contribution in [3.63, 3.8) is 0 Å². The summed E-state index contributed by atoms with van der Waals surface area (Å²) in [5, 5.41) is 9.34. The molecule has 1 fully saturated rings. The van der Waals surface area contributed by atoms with E-state index in [9.17, 15) is 19.5 Å². The maximum absolute atomic E-state index is 13.1. The summed E-state index contributed by atoms with van der Waals surface area (Å²) >= 11 is 0. The molecule has 372 valence electrons. The van der Waals surface area contributed by atoms with Gasteiger partial charge in [0.2, 0.25) is 6.29 Å². The number of unbranched alkanes of at least 4 members (excludes halogenated alkanes) is 23. The van der Waals surface area contributed by atoms with Crippen LogP contribution in [0.2, 0.25) is 0 Å². The highest BCUT2D eigenvalue weighted by Crippen LogP contribution is 2.25. The highest BCUT2D eigenvalue weighted by Gasteiger charge is 2.30. The second kappa shape index (κ2) is 44.1. The minimum Gasteiger partial charge on any atom is -0.465 e. The average molecular weight is 894 g/mol. The minimum atomic E-state index is -0.547. The number of aliphatic hydroxyl groups is 1. The van der Waals surface area contributed by atoms with Crippen molar-refractivity contribution in [3.8, 4) is 0 Å². The summed E-state index contributed by atoms with van der Waals surface area (Å²) in [5.74, 6) is -0.213. The number of ether oxygens (including phenoxy) is 4. The second-order valence-corrected chi connectivity index (χ2v) is 19.1. The number of aliphatic hydroxyl groups excluding tert-OH is 1. The minimum absolute atomic E-state index is 0.0274. The molecule has 0 bridgehead atoms. The molecule has 9 heteroatoms. The van der Waals surface area contributed by atoms with Gasteiger partial charge in [0.05, 0.1) is 24.5 Å². The predicted molar refractivity (Wildman–Crippen MR) is 261 cm³/mol. The third-order valence-corrected chi connectivity index (χ3v) is 13.1. The number of hydrogen-bond acceptors (Lipinski definition) is 9. The van der Waals surface area contributed by atoms with Gasteiger partial charge in [-0.25, -0.2) is 0 Å². The van der Waals surface area contributed by atoms with E-state index >= 15 is 0 Å². The van der Waals surface area contributed by atoms with E-state index in [1.807, 2.05) is 0 Å². The van der Waals surface area contributed by atoms with Gasteiger partial charge in [-0.1, -0.05) is 182 Å². The van der Waals surface area contributed by atoms with E-state index in [0.29, 0.717) is 19.4 Å². The molecule has 1 N–H and O–H groups in total. The quantitative estimate of drug-likeness (QED) is 0.0362. The van der Waals surface area contributed by atoms with E-state index in [1.165, 1.54) is 103 Å². The van der Waals surface area contributed by atoms with Crippen LogP contribution in [0, 0.1) is 11.8 Å². The Labute approximate surface area is 389 Å². The first kappa shape index (κ1) is 59.3. The summed E-state index contributed by atoms with van der Waals surface area (Å²) in [4.78, 5) is 41.3. The Morgan fingerprint density at radius 3 is 1.43 bits per heavy atom. The first-order valence-corrected chi connectivity index (χ1v) is 27.4. The van der Waals surface area contributed by atoms with Crippen LogP contribution in [0.1, 0.15) is 265 Å². The van der Waals surface area contributed by atoms with Crippen molar-refractivity contribution in [2.75, 3.05) is 39.5 Å². The van der Waals surface area contributed by atoms with Crippen LogP contribution in [0.15, 0.2) is 0 Å². The second-order valence-electron chi connectivity index (χ2n) is 19.1. The van der Waals surface area contributed by atoms with Crippen molar-refractivity contribution in [1.82, 2.24) is 4.90 Å². The largest absolute Gasteiger partial charge is 0.465 e. The monoisotopic (exact) mass is 894 g/mol. The number of esters is 3. The van der Waals surface area contributed by atoms with Crippen LogP contribution in [-0.2, 0) is 33.3 Å². The molecule has 0 saturated carbocycles. The Morgan fingerprint density at radius 2 is 0.921 bits per heavy atom. The van der Waals surface area contributed by atoms with Crippen molar-refractivity contribution in [2.24, 2.45) is 11.8 Å².